The third-order valence-corrected chi connectivity index (χ3v) is 2.62. The molecule has 0 aliphatic rings. The molecule has 0 atom stereocenters. The van der Waals surface area contributed by atoms with Gasteiger partial charge in [-0.05, 0) is 12.1 Å². The van der Waals surface area contributed by atoms with Crippen LogP contribution in [0, 0.1) is 0 Å². The Labute approximate surface area is 113 Å². The molecule has 102 valence electrons. The van der Waals surface area contributed by atoms with Crippen molar-refractivity contribution >= 4 is 5.91 Å². The molecule has 0 unspecified atom stereocenters. The van der Waals surface area contributed by atoms with Crippen LogP contribution in [0.1, 0.15) is 10.4 Å². The van der Waals surface area contributed by atoms with Gasteiger partial charge in [-0.15, -0.1) is 13.2 Å². The van der Waals surface area contributed by atoms with Gasteiger partial charge in [-0.1, -0.05) is 18.2 Å². The monoisotopic (exact) mass is 261 g/mol. The molecule has 0 spiro atoms. The molecule has 0 aliphatic heterocycles. The van der Waals surface area contributed by atoms with Crippen molar-refractivity contribution in [3.8, 4) is 11.5 Å². The molecule has 0 heterocycles. The van der Waals surface area contributed by atoms with Gasteiger partial charge in [0.2, 0.25) is 0 Å². The predicted octanol–water partition coefficient (Wildman–Crippen LogP) is 2.52. The molecule has 0 aromatic heterocycles. The van der Waals surface area contributed by atoms with Gasteiger partial charge < -0.3 is 14.4 Å². The molecular weight excluding hydrogens is 242 g/mol. The fourth-order valence-corrected chi connectivity index (χ4v) is 1.78. The Morgan fingerprint density at radius 3 is 2.32 bits per heavy atom. The number of hydrogen-bond acceptors (Lipinski definition) is 3. The standard InChI is InChI=1S/C15H19NO3/c1-5-10-16(11-6-2)15(17)12-8-7-9-13(18-3)14(12)19-4/h5-9H,1-2,10-11H2,3-4H3. The zero-order valence-corrected chi connectivity index (χ0v) is 11.4. The van der Waals surface area contributed by atoms with Crippen molar-refractivity contribution in [1.82, 2.24) is 4.90 Å². The van der Waals surface area contributed by atoms with Crippen LogP contribution in [0.5, 0.6) is 11.5 Å². The van der Waals surface area contributed by atoms with Crippen molar-refractivity contribution in [2.24, 2.45) is 0 Å². The number of carbonyl (C=O) groups is 1. The topological polar surface area (TPSA) is 38.8 Å². The Morgan fingerprint density at radius 1 is 1.21 bits per heavy atom. The van der Waals surface area contributed by atoms with E-state index in [-0.39, 0.29) is 5.91 Å². The zero-order chi connectivity index (χ0) is 14.3. The molecule has 1 aromatic rings. The van der Waals surface area contributed by atoms with Crippen LogP contribution in [0.2, 0.25) is 0 Å². The van der Waals surface area contributed by atoms with Gasteiger partial charge in [0, 0.05) is 13.1 Å². The van der Waals surface area contributed by atoms with Crippen LogP contribution >= 0.6 is 0 Å². The van der Waals surface area contributed by atoms with Crippen LogP contribution in [-0.2, 0) is 0 Å². The fraction of sp³-hybridized carbons (Fsp3) is 0.267. The van der Waals surface area contributed by atoms with Gasteiger partial charge in [0.1, 0.15) is 0 Å². The fourth-order valence-electron chi connectivity index (χ4n) is 1.78. The third-order valence-electron chi connectivity index (χ3n) is 2.62. The van der Waals surface area contributed by atoms with Crippen LogP contribution < -0.4 is 9.47 Å². The zero-order valence-electron chi connectivity index (χ0n) is 11.4. The number of hydrogen-bond donors (Lipinski definition) is 0. The van der Waals surface area contributed by atoms with E-state index in [1.165, 1.54) is 14.2 Å². The smallest absolute Gasteiger partial charge is 0.258 e. The van der Waals surface area contributed by atoms with Crippen molar-refractivity contribution in [1.29, 1.82) is 0 Å². The molecule has 0 bridgehead atoms. The number of nitrogens with zero attached hydrogens (tertiary/aromatic N) is 1. The minimum absolute atomic E-state index is 0.143. The SMILES string of the molecule is C=CCN(CC=C)C(=O)c1cccc(OC)c1OC. The highest BCUT2D eigenvalue weighted by molar-refractivity contribution is 5.98. The summed E-state index contributed by atoms with van der Waals surface area (Å²) in [5, 5.41) is 0. The van der Waals surface area contributed by atoms with E-state index in [4.69, 9.17) is 9.47 Å². The van der Waals surface area contributed by atoms with E-state index in [0.717, 1.165) is 0 Å². The van der Waals surface area contributed by atoms with Crippen LogP contribution in [0.15, 0.2) is 43.5 Å². The Kier molecular flexibility index (Phi) is 5.67. The van der Waals surface area contributed by atoms with Crippen molar-refractivity contribution in [2.45, 2.75) is 0 Å². The van der Waals surface area contributed by atoms with E-state index in [1.807, 2.05) is 0 Å². The second kappa shape index (κ2) is 7.26. The van der Waals surface area contributed by atoms with E-state index in [9.17, 15) is 4.79 Å². The quantitative estimate of drug-likeness (QED) is 0.708. The van der Waals surface area contributed by atoms with Gasteiger partial charge in [-0.2, -0.15) is 0 Å². The second-order valence-electron chi connectivity index (χ2n) is 3.83. The van der Waals surface area contributed by atoms with E-state index in [1.54, 1.807) is 35.3 Å². The van der Waals surface area contributed by atoms with Crippen LogP contribution in [-0.4, -0.2) is 38.1 Å². The number of benzene rings is 1. The molecule has 0 N–H and O–H groups in total. The third kappa shape index (κ3) is 3.37. The van der Waals surface area contributed by atoms with Crippen molar-refractivity contribution in [3.63, 3.8) is 0 Å². The molecule has 0 saturated heterocycles. The molecular formula is C15H19NO3. The normalized spacial score (nSPS) is 9.58. The summed E-state index contributed by atoms with van der Waals surface area (Å²) in [6, 6.07) is 5.22. The predicted molar refractivity (Wildman–Crippen MR) is 75.8 cm³/mol. The highest BCUT2D eigenvalue weighted by Gasteiger charge is 2.20. The Bertz CT molecular complexity index is 458. The second-order valence-corrected chi connectivity index (χ2v) is 3.83. The Morgan fingerprint density at radius 2 is 1.84 bits per heavy atom. The molecule has 0 fully saturated rings. The molecule has 0 saturated carbocycles. The number of methoxy groups -OCH3 is 2. The van der Waals surface area contributed by atoms with Gasteiger partial charge in [0.15, 0.2) is 11.5 Å². The highest BCUT2D eigenvalue weighted by Crippen LogP contribution is 2.31. The lowest BCUT2D eigenvalue weighted by Gasteiger charge is -2.21. The summed E-state index contributed by atoms with van der Waals surface area (Å²) in [5.74, 6) is 0.828. The lowest BCUT2D eigenvalue weighted by molar-refractivity contribution is 0.0787. The number of para-hydroxylation sites is 1. The van der Waals surface area contributed by atoms with Gasteiger partial charge in [0.05, 0.1) is 19.8 Å². The Hall–Kier alpha value is -2.23. The number of ether oxygens (including phenoxy) is 2. The summed E-state index contributed by atoms with van der Waals surface area (Å²) in [5.41, 5.74) is 0.463. The van der Waals surface area contributed by atoms with Crippen LogP contribution in [0.4, 0.5) is 0 Å². The number of amides is 1. The van der Waals surface area contributed by atoms with Crippen LogP contribution in [0.3, 0.4) is 0 Å². The summed E-state index contributed by atoms with van der Waals surface area (Å²) in [6.07, 6.45) is 3.35. The van der Waals surface area contributed by atoms with Gasteiger partial charge >= 0.3 is 0 Å². The summed E-state index contributed by atoms with van der Waals surface area (Å²) < 4.78 is 10.5. The van der Waals surface area contributed by atoms with E-state index in [0.29, 0.717) is 30.2 Å². The van der Waals surface area contributed by atoms with E-state index >= 15 is 0 Å². The summed E-state index contributed by atoms with van der Waals surface area (Å²) >= 11 is 0. The minimum atomic E-state index is -0.143. The van der Waals surface area contributed by atoms with Gasteiger partial charge in [-0.3, -0.25) is 4.79 Å². The van der Waals surface area contributed by atoms with Crippen molar-refractivity contribution < 1.29 is 14.3 Å². The lowest BCUT2D eigenvalue weighted by atomic mass is 10.1. The maximum atomic E-state index is 12.5. The molecule has 1 aromatic carbocycles. The lowest BCUT2D eigenvalue weighted by Crippen LogP contribution is -2.31. The number of carbonyl (C=O) groups excluding carboxylic acids is 1. The van der Waals surface area contributed by atoms with Crippen molar-refractivity contribution in [2.75, 3.05) is 27.3 Å². The summed E-state index contributed by atoms with van der Waals surface area (Å²) in [4.78, 5) is 14.1. The van der Waals surface area contributed by atoms with Crippen LogP contribution in [0.25, 0.3) is 0 Å². The molecule has 1 rings (SSSR count). The molecule has 0 radical (unpaired) electrons. The number of rotatable bonds is 7. The first kappa shape index (κ1) is 14.8. The van der Waals surface area contributed by atoms with E-state index in [2.05, 4.69) is 13.2 Å². The average molecular weight is 261 g/mol. The van der Waals surface area contributed by atoms with E-state index < -0.39 is 0 Å². The summed E-state index contributed by atoms with van der Waals surface area (Å²) in [7, 11) is 3.05. The maximum Gasteiger partial charge on any atom is 0.258 e. The Balaban J connectivity index is 3.16. The molecule has 1 amide bonds. The van der Waals surface area contributed by atoms with Crippen molar-refractivity contribution in [3.05, 3.63) is 49.1 Å². The van der Waals surface area contributed by atoms with Gasteiger partial charge in [0.25, 0.3) is 5.91 Å². The van der Waals surface area contributed by atoms with Gasteiger partial charge in [-0.25, -0.2) is 0 Å². The molecule has 0 aliphatic carbocycles. The highest BCUT2D eigenvalue weighted by atomic mass is 16.5. The largest absolute Gasteiger partial charge is 0.493 e. The first-order valence-corrected chi connectivity index (χ1v) is 5.91. The molecule has 19 heavy (non-hydrogen) atoms. The minimum Gasteiger partial charge on any atom is -0.493 e. The molecule has 4 nitrogen and oxygen atoms in total. The summed E-state index contributed by atoms with van der Waals surface area (Å²) in [6.45, 7) is 8.20. The molecule has 4 heteroatoms. The average Bonchev–Trinajstić information content (AvgIpc) is 2.45. The first-order valence-electron chi connectivity index (χ1n) is 5.91. The first-order chi connectivity index (χ1) is 9.19. The maximum absolute atomic E-state index is 12.5.